The summed E-state index contributed by atoms with van der Waals surface area (Å²) in [4.78, 5) is 7.04. The first-order valence-corrected chi connectivity index (χ1v) is 3.93. The van der Waals surface area contributed by atoms with Crippen molar-refractivity contribution in [2.24, 2.45) is 0 Å². The highest BCUT2D eigenvalue weighted by Crippen LogP contribution is 2.07. The van der Waals surface area contributed by atoms with Gasteiger partial charge < -0.3 is 0 Å². The van der Waals surface area contributed by atoms with E-state index in [1.807, 2.05) is 0 Å². The average molecular weight is 147 g/mol. The van der Waals surface area contributed by atoms with Gasteiger partial charge in [0, 0.05) is 0 Å². The lowest BCUT2D eigenvalue weighted by Gasteiger charge is -1.97. The van der Waals surface area contributed by atoms with Gasteiger partial charge in [0.25, 0.3) is 0 Å². The highest BCUT2D eigenvalue weighted by atomic mass is 31.1. The lowest BCUT2D eigenvalue weighted by Crippen LogP contribution is -1.77. The van der Waals surface area contributed by atoms with E-state index < -0.39 is 8.69 Å². The normalized spacial score (nSPS) is 16.6. The SMILES string of the molecule is C1=CCCCC1.O=[PH+]O. The second kappa shape index (κ2) is 7.80. The zero-order valence-electron chi connectivity index (χ0n) is 5.34. The molecule has 1 unspecified atom stereocenters. The molecular weight excluding hydrogens is 135 g/mol. The van der Waals surface area contributed by atoms with E-state index in [9.17, 15) is 0 Å². The van der Waals surface area contributed by atoms with E-state index in [0.717, 1.165) is 0 Å². The molecule has 9 heavy (non-hydrogen) atoms. The van der Waals surface area contributed by atoms with Crippen molar-refractivity contribution in [2.45, 2.75) is 25.7 Å². The summed E-state index contributed by atoms with van der Waals surface area (Å²) in [5, 5.41) is 0. The van der Waals surface area contributed by atoms with Crippen LogP contribution in [0.4, 0.5) is 0 Å². The second-order valence-corrected chi connectivity index (χ2v) is 2.03. The molecule has 0 saturated heterocycles. The number of rotatable bonds is 0. The highest BCUT2D eigenvalue weighted by molar-refractivity contribution is 7.16. The summed E-state index contributed by atoms with van der Waals surface area (Å²) >= 11 is 0. The van der Waals surface area contributed by atoms with Gasteiger partial charge in [0.15, 0.2) is 0 Å². The quantitative estimate of drug-likeness (QED) is 0.420. The third kappa shape index (κ3) is 7.80. The van der Waals surface area contributed by atoms with Crippen molar-refractivity contribution >= 4 is 8.69 Å². The molecular formula is C6H12O2P+. The van der Waals surface area contributed by atoms with Gasteiger partial charge in [-0.3, -0.25) is 0 Å². The predicted molar refractivity (Wildman–Crippen MR) is 38.8 cm³/mol. The molecule has 0 bridgehead atoms. The minimum Gasteiger partial charge on any atom is -0.162 e. The summed E-state index contributed by atoms with van der Waals surface area (Å²) in [6, 6.07) is 0. The Morgan fingerprint density at radius 2 is 1.56 bits per heavy atom. The Hall–Kier alpha value is -0.200. The third-order valence-electron chi connectivity index (χ3n) is 1.16. The van der Waals surface area contributed by atoms with Gasteiger partial charge in [-0.1, -0.05) is 12.2 Å². The Balaban J connectivity index is 0.000000187. The molecule has 0 fully saturated rings. The van der Waals surface area contributed by atoms with Gasteiger partial charge in [0.1, 0.15) is 0 Å². The molecule has 0 aromatic rings. The van der Waals surface area contributed by atoms with E-state index in [2.05, 4.69) is 12.2 Å². The van der Waals surface area contributed by atoms with Crippen molar-refractivity contribution in [3.63, 3.8) is 0 Å². The standard InChI is InChI=1S/C6H10.HO2P/c1-2-4-6-5-3-1;1-3-2/h1-2H,3-6H2;3H/p+1. The summed E-state index contributed by atoms with van der Waals surface area (Å²) in [5.41, 5.74) is 0. The zero-order valence-corrected chi connectivity index (χ0v) is 6.34. The molecule has 0 radical (unpaired) electrons. The van der Waals surface area contributed by atoms with E-state index in [1.165, 1.54) is 25.7 Å². The summed E-state index contributed by atoms with van der Waals surface area (Å²) in [6.07, 6.45) is 10.0. The summed E-state index contributed by atoms with van der Waals surface area (Å²) in [6.45, 7) is 0. The van der Waals surface area contributed by atoms with Crippen LogP contribution in [-0.4, -0.2) is 4.89 Å². The minimum absolute atomic E-state index is 1.17. The molecule has 1 aliphatic carbocycles. The van der Waals surface area contributed by atoms with E-state index >= 15 is 0 Å². The first kappa shape index (κ1) is 8.80. The maximum Gasteiger partial charge on any atom is 0.491 e. The molecule has 0 amide bonds. The molecule has 0 spiro atoms. The largest absolute Gasteiger partial charge is 0.491 e. The van der Waals surface area contributed by atoms with Gasteiger partial charge in [-0.2, -0.15) is 4.89 Å². The first-order chi connectivity index (χ1) is 4.41. The van der Waals surface area contributed by atoms with Crippen LogP contribution in [0.2, 0.25) is 0 Å². The van der Waals surface area contributed by atoms with Gasteiger partial charge in [-0.05, 0) is 30.2 Å². The molecule has 0 aliphatic heterocycles. The van der Waals surface area contributed by atoms with Crippen LogP contribution in [0.25, 0.3) is 0 Å². The fourth-order valence-electron chi connectivity index (χ4n) is 0.760. The topological polar surface area (TPSA) is 37.3 Å². The Labute approximate surface area is 56.9 Å². The lowest BCUT2D eigenvalue weighted by molar-refractivity contribution is 0.524. The number of hydrogen-bond acceptors (Lipinski definition) is 1. The van der Waals surface area contributed by atoms with Crippen LogP contribution in [0.3, 0.4) is 0 Å². The Morgan fingerprint density at radius 3 is 1.67 bits per heavy atom. The maximum atomic E-state index is 8.51. The first-order valence-electron chi connectivity index (χ1n) is 3.08. The predicted octanol–water partition coefficient (Wildman–Crippen LogP) is 2.03. The lowest BCUT2D eigenvalue weighted by atomic mass is 10.1. The molecule has 0 aromatic heterocycles. The molecule has 1 atom stereocenters. The van der Waals surface area contributed by atoms with Crippen molar-refractivity contribution in [2.75, 3.05) is 0 Å². The number of hydrogen-bond donors (Lipinski definition) is 1. The second-order valence-electron chi connectivity index (χ2n) is 1.85. The van der Waals surface area contributed by atoms with Gasteiger partial charge in [-0.15, -0.1) is 0 Å². The van der Waals surface area contributed by atoms with Crippen molar-refractivity contribution in [3.8, 4) is 0 Å². The van der Waals surface area contributed by atoms with Crippen LogP contribution in [-0.2, 0) is 4.57 Å². The minimum atomic E-state index is -1.17. The molecule has 0 saturated carbocycles. The van der Waals surface area contributed by atoms with Crippen LogP contribution in [0.1, 0.15) is 25.7 Å². The molecule has 0 heterocycles. The Morgan fingerprint density at radius 1 is 1.22 bits per heavy atom. The van der Waals surface area contributed by atoms with Crippen LogP contribution >= 0.6 is 8.69 Å². The van der Waals surface area contributed by atoms with E-state index in [0.29, 0.717) is 0 Å². The van der Waals surface area contributed by atoms with Gasteiger partial charge in [0.2, 0.25) is 0 Å². The van der Waals surface area contributed by atoms with Crippen LogP contribution in [0, 0.1) is 0 Å². The molecule has 52 valence electrons. The molecule has 1 aliphatic rings. The van der Waals surface area contributed by atoms with Crippen LogP contribution < -0.4 is 0 Å². The summed E-state index contributed by atoms with van der Waals surface area (Å²) in [7, 11) is -1.17. The average Bonchev–Trinajstić information content (AvgIpc) is 1.93. The molecule has 3 heteroatoms. The van der Waals surface area contributed by atoms with Crippen molar-refractivity contribution < 1.29 is 9.46 Å². The third-order valence-corrected chi connectivity index (χ3v) is 1.16. The smallest absolute Gasteiger partial charge is 0.162 e. The van der Waals surface area contributed by atoms with Crippen molar-refractivity contribution in [1.82, 2.24) is 0 Å². The Bertz CT molecular complexity index is 83.1. The van der Waals surface area contributed by atoms with Gasteiger partial charge in [-0.25, -0.2) is 0 Å². The molecule has 1 rings (SSSR count). The monoisotopic (exact) mass is 147 g/mol. The van der Waals surface area contributed by atoms with Crippen molar-refractivity contribution in [3.05, 3.63) is 12.2 Å². The Kier molecular flexibility index (Phi) is 7.63. The van der Waals surface area contributed by atoms with Gasteiger partial charge >= 0.3 is 8.69 Å². The molecule has 2 nitrogen and oxygen atoms in total. The summed E-state index contributed by atoms with van der Waals surface area (Å²) < 4.78 is 8.51. The molecule has 1 N–H and O–H groups in total. The van der Waals surface area contributed by atoms with Crippen molar-refractivity contribution in [1.29, 1.82) is 0 Å². The highest BCUT2D eigenvalue weighted by Gasteiger charge is 1.87. The van der Waals surface area contributed by atoms with E-state index in [-0.39, 0.29) is 0 Å². The van der Waals surface area contributed by atoms with Crippen LogP contribution in [0.5, 0.6) is 0 Å². The zero-order chi connectivity index (χ0) is 6.95. The maximum absolute atomic E-state index is 8.51. The van der Waals surface area contributed by atoms with Gasteiger partial charge in [0.05, 0.1) is 0 Å². The fraction of sp³-hybridized carbons (Fsp3) is 0.667. The summed E-state index contributed by atoms with van der Waals surface area (Å²) in [5.74, 6) is 0. The number of allylic oxidation sites excluding steroid dienone is 2. The fourth-order valence-corrected chi connectivity index (χ4v) is 0.760. The van der Waals surface area contributed by atoms with Crippen LogP contribution in [0.15, 0.2) is 12.2 Å². The van der Waals surface area contributed by atoms with E-state index in [4.69, 9.17) is 9.46 Å². The van der Waals surface area contributed by atoms with E-state index in [1.54, 1.807) is 0 Å². The molecule has 0 aromatic carbocycles.